The highest BCUT2D eigenvalue weighted by Crippen LogP contribution is 2.11. The van der Waals surface area contributed by atoms with Crippen molar-refractivity contribution in [3.8, 4) is 0 Å². The Balaban J connectivity index is 2.81. The molecule has 1 aromatic carbocycles. The van der Waals surface area contributed by atoms with Crippen molar-refractivity contribution in [2.45, 2.75) is 13.0 Å². The summed E-state index contributed by atoms with van der Waals surface area (Å²) in [5, 5.41) is 4.30. The Morgan fingerprint density at radius 1 is 1.50 bits per heavy atom. The standard InChI is InChI=1S/C8H9FO/c1-6(10)7-2-4-8(9)5-3-7/h2-6,10H,1H3/i10D. The molecule has 0 saturated heterocycles. The van der Waals surface area contributed by atoms with E-state index in [0.717, 1.165) is 5.56 Å². The normalized spacial score (nSPS) is 14.4. The van der Waals surface area contributed by atoms with Crippen molar-refractivity contribution in [1.29, 1.82) is 1.43 Å². The van der Waals surface area contributed by atoms with Crippen molar-refractivity contribution in [1.82, 2.24) is 0 Å². The van der Waals surface area contributed by atoms with Crippen molar-refractivity contribution in [3.05, 3.63) is 35.6 Å². The summed E-state index contributed by atoms with van der Waals surface area (Å²) in [6.45, 7) is 1.74. The Hall–Kier alpha value is -0.890. The van der Waals surface area contributed by atoms with Crippen LogP contribution in [0.3, 0.4) is 0 Å². The van der Waals surface area contributed by atoms with Crippen LogP contribution < -0.4 is 0 Å². The summed E-state index contributed by atoms with van der Waals surface area (Å²) in [5.74, 6) is -0.272. The van der Waals surface area contributed by atoms with Gasteiger partial charge in [0.2, 0.25) is 1.43 Å². The van der Waals surface area contributed by atoms with E-state index in [-0.39, 0.29) is 11.9 Å². The average Bonchev–Trinajstić information content (AvgIpc) is 2.05. The van der Waals surface area contributed by atoms with E-state index < -0.39 is 0 Å². The van der Waals surface area contributed by atoms with Gasteiger partial charge in [0.25, 0.3) is 0 Å². The number of hydrogen-bond acceptors (Lipinski definition) is 1. The minimum Gasteiger partial charge on any atom is -0.389 e. The second-order valence-corrected chi connectivity index (χ2v) is 2.19. The maximum Gasteiger partial charge on any atom is 0.211 e. The minimum atomic E-state index is -0.296. The number of rotatable bonds is 2. The smallest absolute Gasteiger partial charge is 0.211 e. The molecule has 2 heteroatoms. The zero-order valence-corrected chi connectivity index (χ0v) is 5.67. The molecule has 1 atom stereocenters. The van der Waals surface area contributed by atoms with Gasteiger partial charge in [-0.25, -0.2) is 4.39 Å². The van der Waals surface area contributed by atoms with Gasteiger partial charge in [-0.3, -0.25) is 0 Å². The van der Waals surface area contributed by atoms with Crippen LogP contribution in [0.5, 0.6) is 0 Å². The molecule has 1 nitrogen and oxygen atoms in total. The molecule has 0 spiro atoms. The van der Waals surface area contributed by atoms with Gasteiger partial charge >= 0.3 is 0 Å². The molecule has 0 aliphatic carbocycles. The van der Waals surface area contributed by atoms with E-state index in [9.17, 15) is 4.39 Å². The van der Waals surface area contributed by atoms with Crippen molar-refractivity contribution >= 4 is 0 Å². The number of benzene rings is 1. The SMILES string of the molecule is [2H]OC(C)c1ccc(F)cc1. The van der Waals surface area contributed by atoms with E-state index in [0.29, 0.717) is 0 Å². The first-order valence-electron chi connectivity index (χ1n) is 3.52. The van der Waals surface area contributed by atoms with Crippen molar-refractivity contribution in [2.75, 3.05) is 0 Å². The Labute approximate surface area is 60.6 Å². The van der Waals surface area contributed by atoms with E-state index in [2.05, 4.69) is 5.11 Å². The first-order valence-corrected chi connectivity index (χ1v) is 3.11. The second kappa shape index (κ2) is 2.80. The molecule has 0 saturated carbocycles. The monoisotopic (exact) mass is 141 g/mol. The fourth-order valence-electron chi connectivity index (χ4n) is 0.734. The molecule has 1 rings (SSSR count). The lowest BCUT2D eigenvalue weighted by Gasteiger charge is -2.01. The number of aliphatic hydroxyl groups is 1. The van der Waals surface area contributed by atoms with Gasteiger partial charge < -0.3 is 5.11 Å². The summed E-state index contributed by atoms with van der Waals surface area (Å²) in [4.78, 5) is 0. The summed E-state index contributed by atoms with van der Waals surface area (Å²) in [7, 11) is 0. The third-order valence-corrected chi connectivity index (χ3v) is 1.34. The van der Waals surface area contributed by atoms with E-state index in [1.807, 2.05) is 0 Å². The molecule has 0 radical (unpaired) electrons. The van der Waals surface area contributed by atoms with Gasteiger partial charge in [-0.1, -0.05) is 12.1 Å². The molecule has 10 heavy (non-hydrogen) atoms. The third-order valence-electron chi connectivity index (χ3n) is 1.34. The second-order valence-electron chi connectivity index (χ2n) is 2.19. The highest BCUT2D eigenvalue weighted by Gasteiger charge is 1.98. The van der Waals surface area contributed by atoms with Crippen molar-refractivity contribution in [3.63, 3.8) is 0 Å². The van der Waals surface area contributed by atoms with Crippen LogP contribution in [-0.4, -0.2) is 6.54 Å². The van der Waals surface area contributed by atoms with Crippen molar-refractivity contribution < 1.29 is 9.50 Å². The lowest BCUT2D eigenvalue weighted by molar-refractivity contribution is 0.199. The molecule has 1 N–H and O–H groups in total. The fourth-order valence-corrected chi connectivity index (χ4v) is 0.734. The van der Waals surface area contributed by atoms with Crippen LogP contribution in [0.25, 0.3) is 0 Å². The molecule has 0 bridgehead atoms. The molecule has 0 amide bonds. The van der Waals surface area contributed by atoms with Gasteiger partial charge in [0, 0.05) is 0 Å². The molecule has 0 fully saturated rings. The Bertz CT molecular complexity index is 222. The van der Waals surface area contributed by atoms with Crippen LogP contribution in [-0.2, 0) is 0 Å². The van der Waals surface area contributed by atoms with Gasteiger partial charge in [-0.2, -0.15) is 0 Å². The van der Waals surface area contributed by atoms with Crippen LogP contribution in [0.2, 0.25) is 0 Å². The van der Waals surface area contributed by atoms with E-state index in [1.165, 1.54) is 12.1 Å². The maximum absolute atomic E-state index is 12.4. The molecule has 0 aliphatic rings. The molecule has 1 aromatic rings. The largest absolute Gasteiger partial charge is 0.389 e. The Morgan fingerprint density at radius 3 is 2.60 bits per heavy atom. The van der Waals surface area contributed by atoms with E-state index in [4.69, 9.17) is 1.43 Å². The Kier molecular flexibility index (Phi) is 1.64. The maximum atomic E-state index is 12.4. The lowest BCUT2D eigenvalue weighted by atomic mass is 10.1. The molecule has 1 unspecified atom stereocenters. The van der Waals surface area contributed by atoms with E-state index >= 15 is 0 Å². The molecule has 0 aliphatic heterocycles. The van der Waals surface area contributed by atoms with Crippen LogP contribution in [0, 0.1) is 5.82 Å². The third kappa shape index (κ3) is 1.54. The first kappa shape index (κ1) is 5.86. The van der Waals surface area contributed by atoms with E-state index in [1.54, 1.807) is 19.1 Å². The highest BCUT2D eigenvalue weighted by atomic mass is 19.1. The summed E-state index contributed by atoms with van der Waals surface area (Å²) in [6, 6.07) is 5.92. The average molecular weight is 141 g/mol. The number of aliphatic hydroxyl groups excluding tert-OH is 1. The fraction of sp³-hybridized carbons (Fsp3) is 0.250. The molecular formula is C8H9FO. The van der Waals surface area contributed by atoms with Crippen LogP contribution >= 0.6 is 0 Å². The van der Waals surface area contributed by atoms with Crippen molar-refractivity contribution in [2.24, 2.45) is 0 Å². The first-order chi connectivity index (χ1) is 5.24. The molecular weight excluding hydrogens is 131 g/mol. The van der Waals surface area contributed by atoms with Gasteiger partial charge in [-0.15, -0.1) is 0 Å². The molecule has 0 heterocycles. The summed E-state index contributed by atoms with van der Waals surface area (Å²) < 4.78 is 19.0. The lowest BCUT2D eigenvalue weighted by Crippen LogP contribution is -1.89. The quantitative estimate of drug-likeness (QED) is 0.666. The number of halogens is 1. The zero-order chi connectivity index (χ0) is 8.27. The number of hydrogen-bond donors (Lipinski definition) is 1. The topological polar surface area (TPSA) is 20.2 Å². The van der Waals surface area contributed by atoms with Crippen LogP contribution in [0.1, 0.15) is 18.6 Å². The highest BCUT2D eigenvalue weighted by molar-refractivity contribution is 5.17. The summed E-state index contributed by atoms with van der Waals surface area (Å²) in [5.41, 5.74) is 0.807. The van der Waals surface area contributed by atoms with Gasteiger partial charge in [0.15, 0.2) is 0 Å². The summed E-state index contributed by atoms with van der Waals surface area (Å²) in [6.07, 6.45) is -0.296. The predicted molar refractivity (Wildman–Crippen MR) is 37.0 cm³/mol. The van der Waals surface area contributed by atoms with Crippen LogP contribution in [0.15, 0.2) is 24.3 Å². The predicted octanol–water partition coefficient (Wildman–Crippen LogP) is 1.88. The van der Waals surface area contributed by atoms with Gasteiger partial charge in [0.05, 0.1) is 6.10 Å². The zero-order valence-electron chi connectivity index (χ0n) is 6.67. The Morgan fingerprint density at radius 2 is 2.10 bits per heavy atom. The molecule has 0 aromatic heterocycles. The molecule has 54 valence electrons. The minimum absolute atomic E-state index is 0.272. The van der Waals surface area contributed by atoms with Gasteiger partial charge in [-0.05, 0) is 24.6 Å². The van der Waals surface area contributed by atoms with Gasteiger partial charge in [0.1, 0.15) is 5.82 Å². The van der Waals surface area contributed by atoms with Crippen LogP contribution in [0.4, 0.5) is 4.39 Å². The summed E-state index contributed by atoms with van der Waals surface area (Å²) >= 11 is 0.